The number of aromatic nitrogens is 2. The molecule has 0 amide bonds. The molecule has 120 valence electrons. The molecule has 2 heterocycles. The van der Waals surface area contributed by atoms with Crippen molar-refractivity contribution < 1.29 is 8.78 Å². The zero-order valence-electron chi connectivity index (χ0n) is 12.2. The molecule has 3 rings (SSSR count). The summed E-state index contributed by atoms with van der Waals surface area (Å²) in [6.45, 7) is 2.09. The van der Waals surface area contributed by atoms with Gasteiger partial charge in [-0.15, -0.1) is 11.3 Å². The van der Waals surface area contributed by atoms with Crippen molar-refractivity contribution in [1.82, 2.24) is 9.97 Å². The first-order valence-electron chi connectivity index (χ1n) is 6.96. The Morgan fingerprint density at radius 2 is 1.96 bits per heavy atom. The summed E-state index contributed by atoms with van der Waals surface area (Å²) in [7, 11) is 0. The van der Waals surface area contributed by atoms with Gasteiger partial charge in [-0.3, -0.25) is 0 Å². The van der Waals surface area contributed by atoms with Crippen LogP contribution in [0.25, 0.3) is 10.2 Å². The molecule has 0 aliphatic rings. The van der Waals surface area contributed by atoms with E-state index < -0.39 is 5.76 Å². The number of alkyl halides is 2. The third-order valence-electron chi connectivity index (χ3n) is 3.58. The van der Waals surface area contributed by atoms with Crippen LogP contribution in [0, 0.1) is 0 Å². The largest absolute Gasteiger partial charge is 0.288 e. The first-order chi connectivity index (χ1) is 11.0. The highest BCUT2D eigenvalue weighted by Gasteiger charge is 2.14. The highest BCUT2D eigenvalue weighted by molar-refractivity contribution is 7.99. The molecule has 3 aromatic rings. The van der Waals surface area contributed by atoms with Crippen LogP contribution in [0.15, 0.2) is 40.9 Å². The van der Waals surface area contributed by atoms with Crippen LogP contribution in [0.3, 0.4) is 0 Å². The topological polar surface area (TPSA) is 25.8 Å². The van der Waals surface area contributed by atoms with E-state index in [4.69, 9.17) is 11.6 Å². The highest BCUT2D eigenvalue weighted by atomic mass is 35.5. The van der Waals surface area contributed by atoms with E-state index in [1.165, 1.54) is 11.3 Å². The summed E-state index contributed by atoms with van der Waals surface area (Å²) in [6.07, 6.45) is 2.27. The lowest BCUT2D eigenvalue weighted by Crippen LogP contribution is -2.01. The summed E-state index contributed by atoms with van der Waals surface area (Å²) in [5, 5.41) is 3.46. The van der Waals surface area contributed by atoms with Gasteiger partial charge in [-0.05, 0) is 30.0 Å². The van der Waals surface area contributed by atoms with Gasteiger partial charge in [0.1, 0.15) is 11.2 Å². The fourth-order valence-electron chi connectivity index (χ4n) is 2.44. The molecule has 1 atom stereocenters. The van der Waals surface area contributed by atoms with E-state index in [2.05, 4.69) is 16.9 Å². The lowest BCUT2D eigenvalue weighted by molar-refractivity contribution is 0.252. The number of thiophene rings is 1. The molecule has 0 fully saturated rings. The minimum Gasteiger partial charge on any atom is -0.241 e. The number of thioether (sulfide) groups is 1. The molecule has 0 aliphatic carbocycles. The van der Waals surface area contributed by atoms with Crippen LogP contribution in [0.2, 0.25) is 5.02 Å². The Balaban J connectivity index is 1.80. The van der Waals surface area contributed by atoms with Gasteiger partial charge in [-0.2, -0.15) is 8.78 Å². The van der Waals surface area contributed by atoms with E-state index in [1.54, 1.807) is 18.5 Å². The average molecular weight is 371 g/mol. The molecule has 0 saturated heterocycles. The number of nitrogens with zero attached hydrogens (tertiary/aromatic N) is 2. The number of hydrogen-bond donors (Lipinski definition) is 0. The van der Waals surface area contributed by atoms with Crippen molar-refractivity contribution in [2.45, 2.75) is 29.9 Å². The molecule has 23 heavy (non-hydrogen) atoms. The molecule has 0 N–H and O–H groups in total. The van der Waals surface area contributed by atoms with E-state index in [0.717, 1.165) is 27.9 Å². The zero-order chi connectivity index (χ0) is 16.4. The van der Waals surface area contributed by atoms with Gasteiger partial charge in [0.05, 0.1) is 16.1 Å². The Morgan fingerprint density at radius 3 is 2.65 bits per heavy atom. The number of halogens is 3. The van der Waals surface area contributed by atoms with Crippen molar-refractivity contribution in [3.8, 4) is 0 Å². The maximum atomic E-state index is 12.4. The van der Waals surface area contributed by atoms with E-state index in [-0.39, 0.29) is 5.92 Å². The van der Waals surface area contributed by atoms with Gasteiger partial charge < -0.3 is 0 Å². The Labute approximate surface area is 145 Å². The monoisotopic (exact) mass is 370 g/mol. The summed E-state index contributed by atoms with van der Waals surface area (Å²) in [5.41, 5.74) is 2.00. The number of fused-ring (bicyclic) bond motifs is 1. The summed E-state index contributed by atoms with van der Waals surface area (Å²) in [5.74, 6) is -2.19. The molecule has 2 aromatic heterocycles. The zero-order valence-corrected chi connectivity index (χ0v) is 14.6. The highest BCUT2D eigenvalue weighted by Crippen LogP contribution is 2.33. The second kappa shape index (κ2) is 7.11. The first-order valence-corrected chi connectivity index (χ1v) is 9.09. The lowest BCUT2D eigenvalue weighted by Gasteiger charge is -2.13. The van der Waals surface area contributed by atoms with E-state index in [0.29, 0.717) is 21.7 Å². The predicted octanol–water partition coefficient (Wildman–Crippen LogP) is 6.01. The minimum atomic E-state index is -2.40. The standard InChI is InChI=1S/C16H13ClF2N2S2/c1-9(10-2-4-11(5-3-10)23-16(18)19)6-13-14-12(17)7-22-15(14)21-8-20-13/h2-5,7-9,16H,6H2,1H3. The molecule has 0 saturated carbocycles. The van der Waals surface area contributed by atoms with Crippen molar-refractivity contribution in [2.75, 3.05) is 0 Å². The molecule has 2 nitrogen and oxygen atoms in total. The van der Waals surface area contributed by atoms with E-state index in [1.807, 2.05) is 17.5 Å². The van der Waals surface area contributed by atoms with Gasteiger partial charge in [0.25, 0.3) is 5.76 Å². The molecule has 0 bridgehead atoms. The molecule has 7 heteroatoms. The van der Waals surface area contributed by atoms with Crippen molar-refractivity contribution >= 4 is 44.9 Å². The summed E-state index contributed by atoms with van der Waals surface area (Å²) >= 11 is 8.29. The van der Waals surface area contributed by atoms with Crippen LogP contribution in [0.4, 0.5) is 8.78 Å². The third kappa shape index (κ3) is 3.82. The minimum absolute atomic E-state index is 0.203. The second-order valence-electron chi connectivity index (χ2n) is 5.14. The molecule has 1 aromatic carbocycles. The van der Waals surface area contributed by atoms with Crippen LogP contribution in [-0.4, -0.2) is 15.7 Å². The molecule has 1 unspecified atom stereocenters. The molecular formula is C16H13ClF2N2S2. The number of rotatable bonds is 5. The Hall–Kier alpha value is -1.24. The van der Waals surface area contributed by atoms with Gasteiger partial charge in [0.2, 0.25) is 0 Å². The van der Waals surface area contributed by atoms with Gasteiger partial charge in [-0.25, -0.2) is 9.97 Å². The van der Waals surface area contributed by atoms with Gasteiger partial charge in [0, 0.05) is 10.3 Å². The SMILES string of the molecule is CC(Cc1ncnc2scc(Cl)c12)c1ccc(SC(F)F)cc1. The second-order valence-corrected chi connectivity index (χ2v) is 7.47. The average Bonchev–Trinajstić information content (AvgIpc) is 2.90. The molecule has 0 spiro atoms. The van der Waals surface area contributed by atoms with Crippen molar-refractivity contribution in [1.29, 1.82) is 0 Å². The maximum absolute atomic E-state index is 12.4. The van der Waals surface area contributed by atoms with Gasteiger partial charge >= 0.3 is 0 Å². The van der Waals surface area contributed by atoms with E-state index in [9.17, 15) is 8.78 Å². The Morgan fingerprint density at radius 1 is 1.22 bits per heavy atom. The maximum Gasteiger partial charge on any atom is 0.288 e. The Kier molecular flexibility index (Phi) is 5.14. The number of hydrogen-bond acceptors (Lipinski definition) is 4. The van der Waals surface area contributed by atoms with Crippen LogP contribution in [0.1, 0.15) is 24.1 Å². The van der Waals surface area contributed by atoms with Crippen LogP contribution < -0.4 is 0 Å². The summed E-state index contributed by atoms with van der Waals surface area (Å²) in [6, 6.07) is 7.25. The molecule has 0 aliphatic heterocycles. The molecular weight excluding hydrogens is 358 g/mol. The smallest absolute Gasteiger partial charge is 0.241 e. The summed E-state index contributed by atoms with van der Waals surface area (Å²) in [4.78, 5) is 10.1. The van der Waals surface area contributed by atoms with Gasteiger partial charge in [-0.1, -0.05) is 42.4 Å². The fraction of sp³-hybridized carbons (Fsp3) is 0.250. The molecule has 0 radical (unpaired) electrons. The number of benzene rings is 1. The van der Waals surface area contributed by atoms with Crippen molar-refractivity contribution in [3.05, 3.63) is 52.3 Å². The van der Waals surface area contributed by atoms with Crippen LogP contribution >= 0.6 is 34.7 Å². The van der Waals surface area contributed by atoms with Gasteiger partial charge in [0.15, 0.2) is 0 Å². The third-order valence-corrected chi connectivity index (χ3v) is 5.61. The quantitative estimate of drug-likeness (QED) is 0.514. The first kappa shape index (κ1) is 16.6. The van der Waals surface area contributed by atoms with E-state index >= 15 is 0 Å². The van der Waals surface area contributed by atoms with Crippen molar-refractivity contribution in [3.63, 3.8) is 0 Å². The van der Waals surface area contributed by atoms with Crippen LogP contribution in [-0.2, 0) is 6.42 Å². The van der Waals surface area contributed by atoms with Crippen LogP contribution in [0.5, 0.6) is 0 Å². The Bertz CT molecular complexity index is 805. The predicted molar refractivity (Wildman–Crippen MR) is 92.8 cm³/mol. The summed E-state index contributed by atoms with van der Waals surface area (Å²) < 4.78 is 24.7. The fourth-order valence-corrected chi connectivity index (χ4v) is 4.11. The van der Waals surface area contributed by atoms with Crippen molar-refractivity contribution in [2.24, 2.45) is 0 Å². The normalized spacial score (nSPS) is 12.9. The lowest BCUT2D eigenvalue weighted by atomic mass is 9.95.